The highest BCUT2D eigenvalue weighted by Crippen LogP contribution is 2.33. The van der Waals surface area contributed by atoms with Crippen LogP contribution in [0, 0.1) is 0 Å². The second-order valence-corrected chi connectivity index (χ2v) is 13.0. The van der Waals surface area contributed by atoms with Crippen LogP contribution in [-0.2, 0) is 20.9 Å². The van der Waals surface area contributed by atoms with Gasteiger partial charge in [0.15, 0.2) is 5.96 Å². The summed E-state index contributed by atoms with van der Waals surface area (Å²) < 4.78 is 32.2. The van der Waals surface area contributed by atoms with Crippen LogP contribution in [0.1, 0.15) is 26.3 Å². The van der Waals surface area contributed by atoms with Gasteiger partial charge in [-0.05, 0) is 53.1 Å². The number of aliphatic imine (C=N–C) groups is 1. The van der Waals surface area contributed by atoms with Crippen molar-refractivity contribution < 1.29 is 32.7 Å². The minimum atomic E-state index is -2.95. The first kappa shape index (κ1) is 37.7. The molecular weight excluding hydrogens is 745 g/mol. The van der Waals surface area contributed by atoms with E-state index in [9.17, 15) is 28.0 Å². The third-order valence-electron chi connectivity index (χ3n) is 8.14. The van der Waals surface area contributed by atoms with Crippen LogP contribution in [0.3, 0.4) is 0 Å². The monoisotopic (exact) mass is 776 g/mol. The summed E-state index contributed by atoms with van der Waals surface area (Å²) >= 11 is 13.1. The first-order valence-corrected chi connectivity index (χ1v) is 17.2. The molecule has 6 rings (SSSR count). The van der Waals surface area contributed by atoms with Gasteiger partial charge in [0.25, 0.3) is 17.7 Å². The molecule has 0 saturated carbocycles. The average molecular weight is 778 g/mol. The van der Waals surface area contributed by atoms with E-state index in [1.165, 1.54) is 12.1 Å². The Morgan fingerprint density at radius 3 is 2.41 bits per heavy atom. The van der Waals surface area contributed by atoms with Gasteiger partial charge in [0.2, 0.25) is 5.91 Å². The lowest BCUT2D eigenvalue weighted by molar-refractivity contribution is -0.147. The van der Waals surface area contributed by atoms with Crippen LogP contribution in [0.5, 0.6) is 0 Å². The number of anilines is 1. The summed E-state index contributed by atoms with van der Waals surface area (Å²) in [5, 5.41) is 20.8. The number of benzene rings is 4. The van der Waals surface area contributed by atoms with Crippen molar-refractivity contribution in [2.45, 2.75) is 18.6 Å². The van der Waals surface area contributed by atoms with E-state index in [0.717, 1.165) is 16.5 Å². The standard InChI is InChI=1S/C37H32Cl2F2N8O5/c38-27-12-25(22-9-10-24-15-46-49-29(24)14-22)13-28(39)32(27)34(52)48-30(35(53)54-18-21-5-2-1-3-6-21)16-42-31(50)17-43-33(51)23-7-4-8-26(11-23)47-36-44-19-37(40,41)20-45-36/h1-15,30H,16-20H2,(H,42,50)(H,43,51)(H,46,49)(H,48,52)(H2,44,45,47)/t30-/m0/s1. The number of guanidine groups is 1. The molecule has 0 fully saturated rings. The quantitative estimate of drug-likeness (QED) is 0.0966. The number of amides is 3. The number of carbonyl (C=O) groups excluding carboxylic acids is 4. The number of hydrogen-bond acceptors (Lipinski definition) is 9. The molecule has 0 saturated heterocycles. The van der Waals surface area contributed by atoms with E-state index >= 15 is 0 Å². The molecule has 0 spiro atoms. The second-order valence-electron chi connectivity index (χ2n) is 12.2. The molecule has 3 amide bonds. The summed E-state index contributed by atoms with van der Waals surface area (Å²) in [6.07, 6.45) is 1.69. The van der Waals surface area contributed by atoms with Gasteiger partial charge in [0, 0.05) is 23.2 Å². The largest absolute Gasteiger partial charge is 0.459 e. The van der Waals surface area contributed by atoms with Crippen molar-refractivity contribution in [1.82, 2.24) is 31.5 Å². The Morgan fingerprint density at radius 1 is 0.889 bits per heavy atom. The van der Waals surface area contributed by atoms with Crippen molar-refractivity contribution in [3.63, 3.8) is 0 Å². The molecule has 2 heterocycles. The van der Waals surface area contributed by atoms with Gasteiger partial charge in [-0.15, -0.1) is 0 Å². The molecule has 17 heteroatoms. The number of aromatic amines is 1. The van der Waals surface area contributed by atoms with Crippen molar-refractivity contribution in [1.29, 1.82) is 0 Å². The van der Waals surface area contributed by atoms with Gasteiger partial charge in [-0.3, -0.25) is 19.5 Å². The Morgan fingerprint density at radius 2 is 1.67 bits per heavy atom. The number of nitrogens with one attached hydrogen (secondary N) is 6. The van der Waals surface area contributed by atoms with Crippen LogP contribution in [0.15, 0.2) is 96.1 Å². The SMILES string of the molecule is O=C(CNC(=O)c1cccc(NC2=NCC(F)(F)CN2)c1)NC[C@H](NC(=O)c1c(Cl)cc(-c2ccc3cn[nH]c3c2)cc1Cl)C(=O)OCc1ccccc1. The highest BCUT2D eigenvalue weighted by Gasteiger charge is 2.32. The first-order chi connectivity index (χ1) is 25.9. The normalized spacial score (nSPS) is 13.9. The van der Waals surface area contributed by atoms with E-state index in [4.69, 9.17) is 27.9 Å². The molecule has 1 atom stereocenters. The lowest BCUT2D eigenvalue weighted by atomic mass is 10.0. The highest BCUT2D eigenvalue weighted by molar-refractivity contribution is 6.40. The molecule has 6 N–H and O–H groups in total. The smallest absolute Gasteiger partial charge is 0.330 e. The second kappa shape index (κ2) is 16.7. The van der Waals surface area contributed by atoms with Crippen LogP contribution < -0.4 is 26.6 Å². The maximum absolute atomic E-state index is 13.5. The molecule has 1 aromatic heterocycles. The molecule has 0 aliphatic carbocycles. The summed E-state index contributed by atoms with van der Waals surface area (Å²) in [6.45, 7) is -2.24. The zero-order chi connectivity index (χ0) is 38.2. The highest BCUT2D eigenvalue weighted by atomic mass is 35.5. The number of carbonyl (C=O) groups is 4. The van der Waals surface area contributed by atoms with E-state index in [1.807, 2.05) is 18.2 Å². The first-order valence-electron chi connectivity index (χ1n) is 16.5. The Hall–Kier alpha value is -6.06. The van der Waals surface area contributed by atoms with Gasteiger partial charge in [-0.25, -0.2) is 18.6 Å². The molecule has 13 nitrogen and oxygen atoms in total. The summed E-state index contributed by atoms with van der Waals surface area (Å²) in [6, 6.07) is 22.4. The summed E-state index contributed by atoms with van der Waals surface area (Å²) in [5.74, 6) is -5.74. The minimum Gasteiger partial charge on any atom is -0.459 e. The number of esters is 1. The number of H-pyrrole nitrogens is 1. The van der Waals surface area contributed by atoms with Crippen molar-refractivity contribution in [3.05, 3.63) is 118 Å². The number of halogens is 4. The number of aromatic nitrogens is 2. The Bertz CT molecular complexity index is 2210. The van der Waals surface area contributed by atoms with Gasteiger partial charge in [-0.2, -0.15) is 5.10 Å². The lowest BCUT2D eigenvalue weighted by Gasteiger charge is -2.23. The molecular formula is C37H32Cl2F2N8O5. The van der Waals surface area contributed by atoms with Crippen molar-refractivity contribution in [3.8, 4) is 11.1 Å². The number of rotatable bonds is 12. The summed E-state index contributed by atoms with van der Waals surface area (Å²) in [4.78, 5) is 56.2. The van der Waals surface area contributed by atoms with E-state index in [0.29, 0.717) is 16.8 Å². The van der Waals surface area contributed by atoms with Crippen LogP contribution in [0.25, 0.3) is 22.0 Å². The molecule has 5 aromatic rings. The molecule has 0 radical (unpaired) electrons. The predicted molar refractivity (Wildman–Crippen MR) is 200 cm³/mol. The van der Waals surface area contributed by atoms with E-state index < -0.39 is 61.8 Å². The summed E-state index contributed by atoms with van der Waals surface area (Å²) in [5.41, 5.74) is 3.38. The molecule has 54 heavy (non-hydrogen) atoms. The van der Waals surface area contributed by atoms with E-state index in [1.54, 1.807) is 60.8 Å². The fraction of sp³-hybridized carbons (Fsp3) is 0.189. The van der Waals surface area contributed by atoms with Gasteiger partial charge < -0.3 is 31.3 Å². The average Bonchev–Trinajstić information content (AvgIpc) is 3.64. The molecule has 278 valence electrons. The van der Waals surface area contributed by atoms with Gasteiger partial charge in [0.05, 0.1) is 40.4 Å². The van der Waals surface area contributed by atoms with Gasteiger partial charge >= 0.3 is 5.97 Å². The number of ether oxygens (including phenoxy) is 1. The molecule has 1 aliphatic heterocycles. The molecule has 1 aliphatic rings. The third kappa shape index (κ3) is 9.67. The zero-order valence-corrected chi connectivity index (χ0v) is 29.7. The summed E-state index contributed by atoms with van der Waals surface area (Å²) in [7, 11) is 0. The Kier molecular flexibility index (Phi) is 11.7. The van der Waals surface area contributed by atoms with Crippen LogP contribution >= 0.6 is 23.2 Å². The molecule has 4 aromatic carbocycles. The van der Waals surface area contributed by atoms with E-state index in [-0.39, 0.29) is 33.7 Å². The topological polar surface area (TPSA) is 179 Å². The minimum absolute atomic E-state index is 0.0201. The van der Waals surface area contributed by atoms with Crippen molar-refractivity contribution in [2.75, 3.05) is 31.5 Å². The fourth-order valence-corrected chi connectivity index (χ4v) is 6.00. The lowest BCUT2D eigenvalue weighted by Crippen LogP contribution is -2.50. The van der Waals surface area contributed by atoms with Crippen LogP contribution in [-0.4, -0.2) is 78.0 Å². The van der Waals surface area contributed by atoms with Crippen LogP contribution in [0.2, 0.25) is 10.0 Å². The van der Waals surface area contributed by atoms with Crippen molar-refractivity contribution >= 4 is 69.4 Å². The van der Waals surface area contributed by atoms with E-state index in [2.05, 4.69) is 41.8 Å². The molecule has 0 unspecified atom stereocenters. The maximum Gasteiger partial charge on any atom is 0.330 e. The molecule has 0 bridgehead atoms. The Balaban J connectivity index is 1.09. The predicted octanol–water partition coefficient (Wildman–Crippen LogP) is 4.93. The van der Waals surface area contributed by atoms with Gasteiger partial charge in [-0.1, -0.05) is 71.7 Å². The number of fused-ring (bicyclic) bond motifs is 1. The number of nitrogens with zero attached hydrogens (tertiary/aromatic N) is 2. The van der Waals surface area contributed by atoms with Gasteiger partial charge in [0.1, 0.15) is 19.2 Å². The number of hydrogen-bond donors (Lipinski definition) is 6. The maximum atomic E-state index is 13.5. The fourth-order valence-electron chi connectivity index (χ4n) is 5.35. The number of alkyl halides is 2. The Labute approximate surface area is 316 Å². The van der Waals surface area contributed by atoms with Crippen LogP contribution in [0.4, 0.5) is 14.5 Å². The van der Waals surface area contributed by atoms with Crippen molar-refractivity contribution in [2.24, 2.45) is 4.99 Å². The zero-order valence-electron chi connectivity index (χ0n) is 28.2. The third-order valence-corrected chi connectivity index (χ3v) is 8.74.